The van der Waals surface area contributed by atoms with Crippen molar-refractivity contribution in [1.82, 2.24) is 15.1 Å². The maximum absolute atomic E-state index is 14.1. The van der Waals surface area contributed by atoms with Gasteiger partial charge in [-0.05, 0) is 35.7 Å². The first-order chi connectivity index (χ1) is 15.6. The summed E-state index contributed by atoms with van der Waals surface area (Å²) in [6.07, 6.45) is 2.04. The number of hydrogen-bond acceptors (Lipinski definition) is 5. The molecule has 0 spiro atoms. The van der Waals surface area contributed by atoms with Gasteiger partial charge in [-0.1, -0.05) is 30.3 Å². The molecule has 1 aliphatic rings. The standard InChI is InChI=1S/C24H30FN3O4S/c1-18(29)26-23(16-20-6-3-4-7-22(20)25)24(30)28-13-5-12-27(14-15-28)17-19-8-10-21(11-9-19)33(2,31)32/h3-4,6-11,23H,5,12-17H2,1-2H3,(H,26,29). The third kappa shape index (κ3) is 7.10. The number of sulfone groups is 1. The Morgan fingerprint density at radius 1 is 1.03 bits per heavy atom. The summed E-state index contributed by atoms with van der Waals surface area (Å²) < 4.78 is 37.4. The number of rotatable bonds is 7. The summed E-state index contributed by atoms with van der Waals surface area (Å²) in [5.41, 5.74) is 1.39. The van der Waals surface area contributed by atoms with Gasteiger partial charge in [-0.2, -0.15) is 0 Å². The zero-order valence-corrected chi connectivity index (χ0v) is 19.8. The highest BCUT2D eigenvalue weighted by atomic mass is 32.2. The molecule has 0 saturated carbocycles. The molecule has 178 valence electrons. The summed E-state index contributed by atoms with van der Waals surface area (Å²) in [5, 5.41) is 2.68. The van der Waals surface area contributed by atoms with Crippen LogP contribution in [0.5, 0.6) is 0 Å². The molecular weight excluding hydrogens is 445 g/mol. The smallest absolute Gasteiger partial charge is 0.245 e. The monoisotopic (exact) mass is 475 g/mol. The third-order valence-corrected chi connectivity index (χ3v) is 6.84. The molecule has 2 aromatic carbocycles. The average molecular weight is 476 g/mol. The topological polar surface area (TPSA) is 86.8 Å². The van der Waals surface area contributed by atoms with Gasteiger partial charge in [-0.15, -0.1) is 0 Å². The molecule has 1 heterocycles. The van der Waals surface area contributed by atoms with Crippen LogP contribution in [-0.2, 0) is 32.4 Å². The molecule has 1 unspecified atom stereocenters. The fraction of sp³-hybridized carbons (Fsp3) is 0.417. The second-order valence-electron chi connectivity index (χ2n) is 8.42. The van der Waals surface area contributed by atoms with E-state index in [2.05, 4.69) is 10.2 Å². The fourth-order valence-corrected chi connectivity index (χ4v) is 4.63. The number of carbonyl (C=O) groups excluding carboxylic acids is 2. The largest absolute Gasteiger partial charge is 0.344 e. The second kappa shape index (κ2) is 10.9. The number of benzene rings is 2. The number of halogens is 1. The van der Waals surface area contributed by atoms with Crippen LogP contribution in [-0.4, -0.2) is 68.5 Å². The average Bonchev–Trinajstić information content (AvgIpc) is 2.99. The Balaban J connectivity index is 1.63. The Hall–Kier alpha value is -2.78. The van der Waals surface area contributed by atoms with Crippen molar-refractivity contribution in [2.45, 2.75) is 37.2 Å². The van der Waals surface area contributed by atoms with Crippen LogP contribution in [0.25, 0.3) is 0 Å². The molecule has 1 aliphatic heterocycles. The Morgan fingerprint density at radius 2 is 1.73 bits per heavy atom. The van der Waals surface area contributed by atoms with Gasteiger partial charge < -0.3 is 10.2 Å². The van der Waals surface area contributed by atoms with Crippen molar-refractivity contribution in [3.63, 3.8) is 0 Å². The second-order valence-corrected chi connectivity index (χ2v) is 10.4. The number of carbonyl (C=O) groups is 2. The van der Waals surface area contributed by atoms with E-state index in [9.17, 15) is 22.4 Å². The maximum atomic E-state index is 14.1. The summed E-state index contributed by atoms with van der Waals surface area (Å²) >= 11 is 0. The molecule has 1 fully saturated rings. The van der Waals surface area contributed by atoms with E-state index in [-0.39, 0.29) is 23.1 Å². The Kier molecular flexibility index (Phi) is 8.20. The molecular formula is C24H30FN3O4S. The lowest BCUT2D eigenvalue weighted by atomic mass is 10.0. The highest BCUT2D eigenvalue weighted by Gasteiger charge is 2.28. The zero-order chi connectivity index (χ0) is 24.0. The molecule has 9 heteroatoms. The highest BCUT2D eigenvalue weighted by molar-refractivity contribution is 7.90. The lowest BCUT2D eigenvalue weighted by Crippen LogP contribution is -2.50. The van der Waals surface area contributed by atoms with Gasteiger partial charge in [0, 0.05) is 52.3 Å². The number of hydrogen-bond donors (Lipinski definition) is 1. The van der Waals surface area contributed by atoms with E-state index in [0.29, 0.717) is 31.7 Å². The molecule has 0 aliphatic carbocycles. The van der Waals surface area contributed by atoms with Crippen molar-refractivity contribution < 1.29 is 22.4 Å². The zero-order valence-electron chi connectivity index (χ0n) is 19.0. The minimum absolute atomic E-state index is 0.0952. The van der Waals surface area contributed by atoms with Crippen molar-refractivity contribution in [3.8, 4) is 0 Å². The van der Waals surface area contributed by atoms with E-state index in [4.69, 9.17) is 0 Å². The first-order valence-corrected chi connectivity index (χ1v) is 12.8. The van der Waals surface area contributed by atoms with Crippen LogP contribution >= 0.6 is 0 Å². The van der Waals surface area contributed by atoms with E-state index >= 15 is 0 Å². The minimum atomic E-state index is -3.23. The van der Waals surface area contributed by atoms with Crippen LogP contribution in [0.3, 0.4) is 0 Å². The molecule has 0 radical (unpaired) electrons. The van der Waals surface area contributed by atoms with E-state index < -0.39 is 21.7 Å². The van der Waals surface area contributed by atoms with Crippen molar-refractivity contribution in [2.75, 3.05) is 32.4 Å². The van der Waals surface area contributed by atoms with Gasteiger partial charge in [-0.3, -0.25) is 14.5 Å². The van der Waals surface area contributed by atoms with Gasteiger partial charge >= 0.3 is 0 Å². The lowest BCUT2D eigenvalue weighted by Gasteiger charge is -2.27. The number of amides is 2. The van der Waals surface area contributed by atoms with Crippen LogP contribution in [0.4, 0.5) is 4.39 Å². The normalized spacial score (nSPS) is 16.2. The van der Waals surface area contributed by atoms with E-state index in [0.717, 1.165) is 18.5 Å². The molecule has 3 rings (SSSR count). The predicted molar refractivity (Wildman–Crippen MR) is 124 cm³/mol. The van der Waals surface area contributed by atoms with Gasteiger partial charge in [0.1, 0.15) is 11.9 Å². The van der Waals surface area contributed by atoms with E-state index in [1.165, 1.54) is 19.2 Å². The Labute approximate surface area is 194 Å². The van der Waals surface area contributed by atoms with Gasteiger partial charge in [-0.25, -0.2) is 12.8 Å². The van der Waals surface area contributed by atoms with Crippen molar-refractivity contribution in [3.05, 3.63) is 65.5 Å². The summed E-state index contributed by atoms with van der Waals surface area (Å²) in [4.78, 5) is 29.2. The van der Waals surface area contributed by atoms with Gasteiger partial charge in [0.25, 0.3) is 0 Å². The molecule has 0 bridgehead atoms. The molecule has 1 atom stereocenters. The lowest BCUT2D eigenvalue weighted by molar-refractivity contribution is -0.136. The Morgan fingerprint density at radius 3 is 2.36 bits per heavy atom. The third-order valence-electron chi connectivity index (χ3n) is 5.72. The van der Waals surface area contributed by atoms with Gasteiger partial charge in [0.2, 0.25) is 11.8 Å². The molecule has 1 N–H and O–H groups in total. The van der Waals surface area contributed by atoms with Gasteiger partial charge in [0.15, 0.2) is 9.84 Å². The number of nitrogens with one attached hydrogen (secondary N) is 1. The van der Waals surface area contributed by atoms with Crippen molar-refractivity contribution >= 4 is 21.7 Å². The molecule has 2 aromatic rings. The summed E-state index contributed by atoms with van der Waals surface area (Å²) in [6, 6.07) is 12.3. The van der Waals surface area contributed by atoms with Gasteiger partial charge in [0.05, 0.1) is 4.90 Å². The molecule has 0 aromatic heterocycles. The Bertz CT molecular complexity index is 1090. The van der Waals surface area contributed by atoms with E-state index in [1.54, 1.807) is 35.2 Å². The highest BCUT2D eigenvalue weighted by Crippen LogP contribution is 2.15. The predicted octanol–water partition coefficient (Wildman–Crippen LogP) is 2.01. The number of nitrogens with zero attached hydrogens (tertiary/aromatic N) is 2. The quantitative estimate of drug-likeness (QED) is 0.662. The summed E-state index contributed by atoms with van der Waals surface area (Å²) in [7, 11) is -3.23. The fourth-order valence-electron chi connectivity index (χ4n) is 4.00. The molecule has 33 heavy (non-hydrogen) atoms. The first kappa shape index (κ1) is 24.9. The van der Waals surface area contributed by atoms with Crippen LogP contribution in [0, 0.1) is 5.82 Å². The summed E-state index contributed by atoms with van der Waals surface area (Å²) in [5.74, 6) is -0.948. The molecule has 7 nitrogen and oxygen atoms in total. The van der Waals surface area contributed by atoms with E-state index in [1.807, 2.05) is 12.1 Å². The SMILES string of the molecule is CC(=O)NC(Cc1ccccc1F)C(=O)N1CCCN(Cc2ccc(S(C)(=O)=O)cc2)CC1. The van der Waals surface area contributed by atoms with Crippen LogP contribution in [0.15, 0.2) is 53.4 Å². The first-order valence-electron chi connectivity index (χ1n) is 10.9. The van der Waals surface area contributed by atoms with Crippen molar-refractivity contribution in [2.24, 2.45) is 0 Å². The summed E-state index contributed by atoms with van der Waals surface area (Å²) in [6.45, 7) is 4.47. The molecule has 2 amide bonds. The van der Waals surface area contributed by atoms with Crippen molar-refractivity contribution in [1.29, 1.82) is 0 Å². The van der Waals surface area contributed by atoms with Crippen LogP contribution in [0.2, 0.25) is 0 Å². The minimum Gasteiger partial charge on any atom is -0.344 e. The van der Waals surface area contributed by atoms with Crippen LogP contribution in [0.1, 0.15) is 24.5 Å². The van der Waals surface area contributed by atoms with Crippen LogP contribution < -0.4 is 5.32 Å². The molecule has 1 saturated heterocycles. The maximum Gasteiger partial charge on any atom is 0.245 e.